The molecule has 1 atom stereocenters. The summed E-state index contributed by atoms with van der Waals surface area (Å²) < 4.78 is 5.28. The molecule has 0 saturated heterocycles. The second-order valence-corrected chi connectivity index (χ2v) is 3.85. The van der Waals surface area contributed by atoms with Crippen molar-refractivity contribution >= 4 is 12.2 Å². The van der Waals surface area contributed by atoms with Gasteiger partial charge in [-0.3, -0.25) is 9.59 Å². The summed E-state index contributed by atoms with van der Waals surface area (Å²) >= 11 is 0. The van der Waals surface area contributed by atoms with Crippen LogP contribution in [0, 0.1) is 0 Å². The van der Waals surface area contributed by atoms with Gasteiger partial charge in [0.1, 0.15) is 12.0 Å². The Labute approximate surface area is 101 Å². The number of carbonyl (C=O) groups is 2. The van der Waals surface area contributed by atoms with Crippen LogP contribution in [-0.2, 0) is 4.79 Å². The first kappa shape index (κ1) is 13.2. The van der Waals surface area contributed by atoms with Gasteiger partial charge in [0.05, 0.1) is 0 Å². The van der Waals surface area contributed by atoms with E-state index in [1.807, 2.05) is 13.8 Å². The van der Waals surface area contributed by atoms with Crippen LogP contribution in [0.25, 0.3) is 0 Å². The maximum Gasteiger partial charge on any atom is 0.258 e. The zero-order valence-electron chi connectivity index (χ0n) is 10.1. The maximum absolute atomic E-state index is 11.4. The van der Waals surface area contributed by atoms with Gasteiger partial charge in [-0.15, -0.1) is 0 Å². The molecule has 0 fully saturated rings. The van der Waals surface area contributed by atoms with Crippen LogP contribution in [0.2, 0.25) is 0 Å². The second kappa shape index (κ2) is 6.68. The normalized spacial score (nSPS) is 11.6. The Morgan fingerprint density at radius 1 is 1.41 bits per heavy atom. The van der Waals surface area contributed by atoms with Gasteiger partial charge in [0.15, 0.2) is 6.61 Å². The Bertz CT molecular complexity index is 373. The summed E-state index contributed by atoms with van der Waals surface area (Å²) in [6, 6.07) is 6.79. The zero-order chi connectivity index (χ0) is 12.7. The minimum absolute atomic E-state index is 0.00915. The first-order valence-electron chi connectivity index (χ1n) is 5.63. The Morgan fingerprint density at radius 2 is 2.06 bits per heavy atom. The summed E-state index contributed by atoms with van der Waals surface area (Å²) in [4.78, 5) is 21.8. The van der Waals surface area contributed by atoms with Crippen LogP contribution >= 0.6 is 0 Å². The van der Waals surface area contributed by atoms with Crippen molar-refractivity contribution in [2.24, 2.45) is 0 Å². The summed E-state index contributed by atoms with van der Waals surface area (Å²) in [5.41, 5.74) is 0.585. The third kappa shape index (κ3) is 4.68. The Balaban J connectivity index is 2.39. The molecule has 0 aliphatic rings. The number of nitrogens with one attached hydrogen (secondary N) is 1. The smallest absolute Gasteiger partial charge is 0.258 e. The van der Waals surface area contributed by atoms with Crippen LogP contribution in [0.3, 0.4) is 0 Å². The molecule has 1 amide bonds. The van der Waals surface area contributed by atoms with E-state index in [2.05, 4.69) is 5.32 Å². The molecule has 1 unspecified atom stereocenters. The number of benzene rings is 1. The van der Waals surface area contributed by atoms with Gasteiger partial charge in [-0.2, -0.15) is 0 Å². The molecule has 0 saturated carbocycles. The number of ether oxygens (including phenoxy) is 1. The second-order valence-electron chi connectivity index (χ2n) is 3.85. The van der Waals surface area contributed by atoms with E-state index in [0.29, 0.717) is 11.3 Å². The van der Waals surface area contributed by atoms with Crippen LogP contribution < -0.4 is 10.1 Å². The van der Waals surface area contributed by atoms with Gasteiger partial charge >= 0.3 is 0 Å². The van der Waals surface area contributed by atoms with Crippen molar-refractivity contribution in [2.75, 3.05) is 6.61 Å². The highest BCUT2D eigenvalue weighted by Gasteiger charge is 2.05. The summed E-state index contributed by atoms with van der Waals surface area (Å²) in [6.07, 6.45) is 1.65. The third-order valence-electron chi connectivity index (χ3n) is 2.41. The fourth-order valence-electron chi connectivity index (χ4n) is 1.21. The molecule has 92 valence electrons. The molecular formula is C13H17NO3. The standard InChI is InChI=1S/C13H17NO3/c1-3-10(2)14-13(16)9-17-12-6-4-11(8-15)5-7-12/h4-8,10H,3,9H2,1-2H3,(H,14,16). The van der Waals surface area contributed by atoms with Crippen molar-refractivity contribution < 1.29 is 14.3 Å². The average Bonchev–Trinajstić information content (AvgIpc) is 2.36. The van der Waals surface area contributed by atoms with Gasteiger partial charge in [0.25, 0.3) is 5.91 Å². The Kier molecular flexibility index (Phi) is 5.20. The van der Waals surface area contributed by atoms with E-state index in [9.17, 15) is 9.59 Å². The van der Waals surface area contributed by atoms with Crippen molar-refractivity contribution in [2.45, 2.75) is 26.3 Å². The van der Waals surface area contributed by atoms with E-state index in [-0.39, 0.29) is 18.6 Å². The number of rotatable bonds is 6. The Hall–Kier alpha value is -1.84. The number of hydrogen-bond acceptors (Lipinski definition) is 3. The molecule has 17 heavy (non-hydrogen) atoms. The largest absolute Gasteiger partial charge is 0.484 e. The van der Waals surface area contributed by atoms with Gasteiger partial charge in [-0.1, -0.05) is 6.92 Å². The summed E-state index contributed by atoms with van der Waals surface area (Å²) in [7, 11) is 0. The summed E-state index contributed by atoms with van der Waals surface area (Å²) in [5.74, 6) is 0.439. The minimum atomic E-state index is -0.140. The molecule has 0 heterocycles. The molecule has 1 aromatic carbocycles. The lowest BCUT2D eigenvalue weighted by Gasteiger charge is -2.11. The molecule has 0 aliphatic carbocycles. The van der Waals surface area contributed by atoms with E-state index >= 15 is 0 Å². The molecule has 1 rings (SSSR count). The van der Waals surface area contributed by atoms with Gasteiger partial charge in [-0.05, 0) is 37.6 Å². The molecule has 0 spiro atoms. The van der Waals surface area contributed by atoms with Crippen molar-refractivity contribution in [1.82, 2.24) is 5.32 Å². The van der Waals surface area contributed by atoms with E-state index in [0.717, 1.165) is 12.7 Å². The van der Waals surface area contributed by atoms with Crippen molar-refractivity contribution in [3.63, 3.8) is 0 Å². The third-order valence-corrected chi connectivity index (χ3v) is 2.41. The molecular weight excluding hydrogens is 218 g/mol. The van der Waals surface area contributed by atoms with E-state index < -0.39 is 0 Å². The first-order chi connectivity index (χ1) is 8.15. The highest BCUT2D eigenvalue weighted by atomic mass is 16.5. The van der Waals surface area contributed by atoms with Crippen molar-refractivity contribution in [3.05, 3.63) is 29.8 Å². The summed E-state index contributed by atoms with van der Waals surface area (Å²) in [5, 5.41) is 2.80. The molecule has 4 heteroatoms. The number of amides is 1. The molecule has 0 bridgehead atoms. The van der Waals surface area contributed by atoms with E-state index in [1.54, 1.807) is 24.3 Å². The van der Waals surface area contributed by atoms with Crippen molar-refractivity contribution in [1.29, 1.82) is 0 Å². The highest BCUT2D eigenvalue weighted by Crippen LogP contribution is 2.10. The average molecular weight is 235 g/mol. The van der Waals surface area contributed by atoms with E-state index in [4.69, 9.17) is 4.74 Å². The lowest BCUT2D eigenvalue weighted by atomic mass is 10.2. The topological polar surface area (TPSA) is 55.4 Å². The SMILES string of the molecule is CCC(C)NC(=O)COc1ccc(C=O)cc1. The lowest BCUT2D eigenvalue weighted by molar-refractivity contribution is -0.123. The molecule has 1 aromatic rings. The van der Waals surface area contributed by atoms with Crippen LogP contribution in [0.1, 0.15) is 30.6 Å². The van der Waals surface area contributed by atoms with Crippen LogP contribution in [0.4, 0.5) is 0 Å². The van der Waals surface area contributed by atoms with Gasteiger partial charge in [0, 0.05) is 11.6 Å². The highest BCUT2D eigenvalue weighted by molar-refractivity contribution is 5.78. The molecule has 0 aliphatic heterocycles. The number of hydrogen-bond donors (Lipinski definition) is 1. The zero-order valence-corrected chi connectivity index (χ0v) is 10.1. The maximum atomic E-state index is 11.4. The van der Waals surface area contributed by atoms with Crippen LogP contribution in [0.5, 0.6) is 5.75 Å². The predicted molar refractivity (Wildman–Crippen MR) is 65.2 cm³/mol. The molecule has 1 N–H and O–H groups in total. The lowest BCUT2D eigenvalue weighted by Crippen LogP contribution is -2.35. The van der Waals surface area contributed by atoms with Crippen LogP contribution in [-0.4, -0.2) is 24.8 Å². The fourth-order valence-corrected chi connectivity index (χ4v) is 1.21. The predicted octanol–water partition coefficient (Wildman–Crippen LogP) is 1.79. The molecule has 0 radical (unpaired) electrons. The van der Waals surface area contributed by atoms with E-state index in [1.165, 1.54) is 0 Å². The quantitative estimate of drug-likeness (QED) is 0.765. The molecule has 0 aromatic heterocycles. The van der Waals surface area contributed by atoms with Crippen molar-refractivity contribution in [3.8, 4) is 5.75 Å². The Morgan fingerprint density at radius 3 is 2.59 bits per heavy atom. The van der Waals surface area contributed by atoms with Gasteiger partial charge in [-0.25, -0.2) is 0 Å². The monoisotopic (exact) mass is 235 g/mol. The fraction of sp³-hybridized carbons (Fsp3) is 0.385. The van der Waals surface area contributed by atoms with Gasteiger partial charge in [0.2, 0.25) is 0 Å². The first-order valence-corrected chi connectivity index (χ1v) is 5.63. The van der Waals surface area contributed by atoms with Gasteiger partial charge < -0.3 is 10.1 Å². The minimum Gasteiger partial charge on any atom is -0.484 e. The van der Waals surface area contributed by atoms with Crippen LogP contribution in [0.15, 0.2) is 24.3 Å². The number of carbonyl (C=O) groups excluding carboxylic acids is 2. The summed E-state index contributed by atoms with van der Waals surface area (Å²) in [6.45, 7) is 3.94. The number of aldehydes is 1. The molecule has 4 nitrogen and oxygen atoms in total.